The van der Waals surface area contributed by atoms with Gasteiger partial charge in [0.1, 0.15) is 23.1 Å². The van der Waals surface area contributed by atoms with Crippen molar-refractivity contribution in [3.05, 3.63) is 41.9 Å². The van der Waals surface area contributed by atoms with Crippen LogP contribution < -0.4 is 19.7 Å². The molecule has 1 aromatic heterocycles. The first-order valence-electron chi connectivity index (χ1n) is 8.78. The van der Waals surface area contributed by atoms with Gasteiger partial charge < -0.3 is 19.7 Å². The van der Waals surface area contributed by atoms with Crippen molar-refractivity contribution in [1.82, 2.24) is 15.3 Å². The molecule has 1 amide bonds. The molecule has 0 atom stereocenters. The van der Waals surface area contributed by atoms with Crippen LogP contribution >= 0.6 is 0 Å². The standard InChI is InChI=1S/C19H24N4O3/c1-25-15-10-14(11-16(12-15)26-2)19(24)21-13-17-20-7-6-18(22-17)23-8-4-3-5-9-23/h6-7,10-12H,3-5,8-9,13H2,1-2H3,(H,21,24). The molecule has 0 unspecified atom stereocenters. The van der Waals surface area contributed by atoms with Gasteiger partial charge >= 0.3 is 0 Å². The van der Waals surface area contributed by atoms with E-state index >= 15 is 0 Å². The summed E-state index contributed by atoms with van der Waals surface area (Å²) in [5, 5.41) is 2.85. The van der Waals surface area contributed by atoms with Crippen LogP contribution in [-0.2, 0) is 6.54 Å². The highest BCUT2D eigenvalue weighted by Gasteiger charge is 2.14. The third-order valence-electron chi connectivity index (χ3n) is 4.39. The second kappa shape index (κ2) is 8.51. The number of hydrogen-bond donors (Lipinski definition) is 1. The number of benzene rings is 1. The fourth-order valence-electron chi connectivity index (χ4n) is 2.97. The molecule has 1 aromatic carbocycles. The van der Waals surface area contributed by atoms with Crippen LogP contribution in [-0.4, -0.2) is 43.2 Å². The third-order valence-corrected chi connectivity index (χ3v) is 4.39. The Morgan fingerprint density at radius 3 is 2.46 bits per heavy atom. The van der Waals surface area contributed by atoms with Crippen molar-refractivity contribution in [3.8, 4) is 11.5 Å². The van der Waals surface area contributed by atoms with Gasteiger partial charge in [0.2, 0.25) is 0 Å². The average molecular weight is 356 g/mol. The van der Waals surface area contributed by atoms with Crippen molar-refractivity contribution in [2.45, 2.75) is 25.8 Å². The van der Waals surface area contributed by atoms with E-state index in [1.165, 1.54) is 19.3 Å². The van der Waals surface area contributed by atoms with E-state index in [2.05, 4.69) is 20.2 Å². The van der Waals surface area contributed by atoms with Crippen LogP contribution in [0.15, 0.2) is 30.5 Å². The van der Waals surface area contributed by atoms with E-state index in [-0.39, 0.29) is 12.5 Å². The van der Waals surface area contributed by atoms with Crippen LogP contribution in [0, 0.1) is 0 Å². The van der Waals surface area contributed by atoms with E-state index in [9.17, 15) is 4.79 Å². The van der Waals surface area contributed by atoms with Crippen LogP contribution in [0.4, 0.5) is 5.82 Å². The topological polar surface area (TPSA) is 76.6 Å². The van der Waals surface area contributed by atoms with Crippen molar-refractivity contribution in [2.75, 3.05) is 32.2 Å². The number of piperidine rings is 1. The molecule has 3 rings (SSSR count). The predicted molar refractivity (Wildman–Crippen MR) is 98.8 cm³/mol. The van der Waals surface area contributed by atoms with E-state index in [1.807, 2.05) is 6.07 Å². The molecule has 1 saturated heterocycles. The monoisotopic (exact) mass is 356 g/mol. The lowest BCUT2D eigenvalue weighted by Gasteiger charge is -2.27. The largest absolute Gasteiger partial charge is 0.497 e. The molecule has 0 spiro atoms. The van der Waals surface area contributed by atoms with Crippen LogP contribution in [0.1, 0.15) is 35.4 Å². The van der Waals surface area contributed by atoms with Crippen LogP contribution in [0.25, 0.3) is 0 Å². The maximum Gasteiger partial charge on any atom is 0.251 e. The maximum absolute atomic E-state index is 12.5. The van der Waals surface area contributed by atoms with E-state index in [0.717, 1.165) is 18.9 Å². The van der Waals surface area contributed by atoms with Crippen molar-refractivity contribution in [2.24, 2.45) is 0 Å². The van der Waals surface area contributed by atoms with E-state index in [4.69, 9.17) is 9.47 Å². The summed E-state index contributed by atoms with van der Waals surface area (Å²) in [5.74, 6) is 2.42. The first kappa shape index (κ1) is 18.0. The van der Waals surface area contributed by atoms with Crippen molar-refractivity contribution >= 4 is 11.7 Å². The summed E-state index contributed by atoms with van der Waals surface area (Å²) < 4.78 is 10.4. The Bertz CT molecular complexity index is 738. The van der Waals surface area contributed by atoms with Gasteiger partial charge in [-0.25, -0.2) is 9.97 Å². The van der Waals surface area contributed by atoms with Gasteiger partial charge in [0.25, 0.3) is 5.91 Å². The summed E-state index contributed by atoms with van der Waals surface area (Å²) in [6, 6.07) is 6.98. The number of nitrogens with one attached hydrogen (secondary N) is 1. The minimum Gasteiger partial charge on any atom is -0.497 e. The molecule has 1 aliphatic heterocycles. The lowest BCUT2D eigenvalue weighted by atomic mass is 10.1. The smallest absolute Gasteiger partial charge is 0.251 e. The Hall–Kier alpha value is -2.83. The normalized spacial score (nSPS) is 14.0. The molecule has 0 bridgehead atoms. The number of aromatic nitrogens is 2. The highest BCUT2D eigenvalue weighted by atomic mass is 16.5. The van der Waals surface area contributed by atoms with Gasteiger partial charge in [-0.15, -0.1) is 0 Å². The van der Waals surface area contributed by atoms with Gasteiger partial charge in [-0.05, 0) is 37.5 Å². The van der Waals surface area contributed by atoms with Crippen LogP contribution in [0.3, 0.4) is 0 Å². The molecule has 2 heterocycles. The molecule has 1 fully saturated rings. The number of rotatable bonds is 6. The van der Waals surface area contributed by atoms with Gasteiger partial charge in [0, 0.05) is 30.9 Å². The molecule has 138 valence electrons. The first-order chi connectivity index (χ1) is 12.7. The predicted octanol–water partition coefficient (Wildman–Crippen LogP) is 2.41. The van der Waals surface area contributed by atoms with Crippen molar-refractivity contribution in [1.29, 1.82) is 0 Å². The van der Waals surface area contributed by atoms with Gasteiger partial charge in [-0.3, -0.25) is 4.79 Å². The fourth-order valence-corrected chi connectivity index (χ4v) is 2.97. The van der Waals surface area contributed by atoms with Crippen molar-refractivity contribution < 1.29 is 14.3 Å². The lowest BCUT2D eigenvalue weighted by Crippen LogP contribution is -2.31. The molecule has 7 nitrogen and oxygen atoms in total. The number of ether oxygens (including phenoxy) is 2. The number of carbonyl (C=O) groups excluding carboxylic acids is 1. The number of hydrogen-bond acceptors (Lipinski definition) is 6. The molecule has 1 aliphatic rings. The van der Waals surface area contributed by atoms with Crippen LogP contribution in [0.2, 0.25) is 0 Å². The SMILES string of the molecule is COc1cc(OC)cc(C(=O)NCc2nccc(N3CCCCC3)n2)c1. The molecular formula is C19H24N4O3. The Balaban J connectivity index is 1.66. The first-order valence-corrected chi connectivity index (χ1v) is 8.78. The summed E-state index contributed by atoms with van der Waals surface area (Å²) in [6.07, 6.45) is 5.39. The fraction of sp³-hybridized carbons (Fsp3) is 0.421. The molecule has 1 N–H and O–H groups in total. The zero-order valence-electron chi connectivity index (χ0n) is 15.2. The number of methoxy groups -OCH3 is 2. The Morgan fingerprint density at radius 1 is 1.12 bits per heavy atom. The summed E-state index contributed by atoms with van der Waals surface area (Å²) >= 11 is 0. The second-order valence-electron chi connectivity index (χ2n) is 6.16. The zero-order valence-corrected chi connectivity index (χ0v) is 15.2. The number of carbonyl (C=O) groups is 1. The summed E-state index contributed by atoms with van der Waals surface area (Å²) in [7, 11) is 3.10. The average Bonchev–Trinajstić information content (AvgIpc) is 2.72. The molecule has 0 radical (unpaired) electrons. The summed E-state index contributed by atoms with van der Waals surface area (Å²) in [6.45, 7) is 2.30. The highest BCUT2D eigenvalue weighted by molar-refractivity contribution is 5.95. The number of nitrogens with zero attached hydrogens (tertiary/aromatic N) is 3. The number of amides is 1. The molecule has 26 heavy (non-hydrogen) atoms. The van der Waals surface area contributed by atoms with E-state index < -0.39 is 0 Å². The van der Waals surface area contributed by atoms with Gasteiger partial charge in [-0.1, -0.05) is 0 Å². The molecule has 7 heteroatoms. The lowest BCUT2D eigenvalue weighted by molar-refractivity contribution is 0.0949. The summed E-state index contributed by atoms with van der Waals surface area (Å²) in [5.41, 5.74) is 0.466. The highest BCUT2D eigenvalue weighted by Crippen LogP contribution is 2.22. The third kappa shape index (κ3) is 4.41. The second-order valence-corrected chi connectivity index (χ2v) is 6.16. The Kier molecular flexibility index (Phi) is 5.88. The number of anilines is 1. The van der Waals surface area contributed by atoms with E-state index in [0.29, 0.717) is 22.9 Å². The van der Waals surface area contributed by atoms with Crippen molar-refractivity contribution in [3.63, 3.8) is 0 Å². The Morgan fingerprint density at radius 2 is 1.81 bits per heavy atom. The van der Waals surface area contributed by atoms with Crippen LogP contribution in [0.5, 0.6) is 11.5 Å². The molecule has 0 aliphatic carbocycles. The quantitative estimate of drug-likeness (QED) is 0.857. The molecule has 2 aromatic rings. The van der Waals surface area contributed by atoms with Gasteiger partial charge in [0.05, 0.1) is 20.8 Å². The van der Waals surface area contributed by atoms with Gasteiger partial charge in [0.15, 0.2) is 0 Å². The molecular weight excluding hydrogens is 332 g/mol. The van der Waals surface area contributed by atoms with E-state index in [1.54, 1.807) is 38.6 Å². The maximum atomic E-state index is 12.5. The summed E-state index contributed by atoms with van der Waals surface area (Å²) in [4.78, 5) is 23.6. The Labute approximate surface area is 153 Å². The van der Waals surface area contributed by atoms with Gasteiger partial charge in [-0.2, -0.15) is 0 Å². The minimum atomic E-state index is -0.228. The molecule has 0 saturated carbocycles. The zero-order chi connectivity index (χ0) is 18.4. The minimum absolute atomic E-state index is 0.228.